The van der Waals surface area contributed by atoms with Gasteiger partial charge in [-0.05, 0) is 36.8 Å². The minimum Gasteiger partial charge on any atom is -0.397 e. The van der Waals surface area contributed by atoms with Crippen molar-refractivity contribution in [2.24, 2.45) is 0 Å². The molecule has 0 unspecified atom stereocenters. The Morgan fingerprint density at radius 2 is 1.95 bits per heavy atom. The van der Waals surface area contributed by atoms with Crippen LogP contribution in [-0.4, -0.2) is 0 Å². The molecule has 0 aliphatic heterocycles. The molecule has 2 aromatic rings. The Kier molecular flexibility index (Phi) is 4.17. The normalized spacial score (nSPS) is 10.5. The summed E-state index contributed by atoms with van der Waals surface area (Å²) in [5, 5.41) is 4.03. The van der Waals surface area contributed by atoms with Gasteiger partial charge in [0.2, 0.25) is 0 Å². The van der Waals surface area contributed by atoms with Gasteiger partial charge < -0.3 is 11.1 Å². The van der Waals surface area contributed by atoms with Crippen LogP contribution in [0.3, 0.4) is 0 Å². The third-order valence-corrected chi connectivity index (χ3v) is 3.61. The number of halogens is 3. The molecule has 100 valence electrons. The van der Waals surface area contributed by atoms with Crippen LogP contribution < -0.4 is 11.1 Å². The largest absolute Gasteiger partial charge is 0.397 e. The van der Waals surface area contributed by atoms with E-state index in [1.165, 1.54) is 6.07 Å². The molecule has 0 atom stereocenters. The van der Waals surface area contributed by atoms with Gasteiger partial charge in [0.25, 0.3) is 0 Å². The van der Waals surface area contributed by atoms with Gasteiger partial charge in [-0.1, -0.05) is 29.3 Å². The SMILES string of the molecule is Cc1cc(N)c(NCc2c(F)cccc2Cl)cc1Cl. The molecule has 0 saturated heterocycles. The van der Waals surface area contributed by atoms with Gasteiger partial charge in [-0.25, -0.2) is 4.39 Å². The van der Waals surface area contributed by atoms with Crippen LogP contribution in [0.5, 0.6) is 0 Å². The van der Waals surface area contributed by atoms with Gasteiger partial charge in [0.05, 0.1) is 11.4 Å². The monoisotopic (exact) mass is 298 g/mol. The Labute approximate surface area is 121 Å². The lowest BCUT2D eigenvalue weighted by Gasteiger charge is -2.12. The highest BCUT2D eigenvalue weighted by molar-refractivity contribution is 6.32. The van der Waals surface area contributed by atoms with Crippen molar-refractivity contribution in [3.8, 4) is 0 Å². The van der Waals surface area contributed by atoms with E-state index in [9.17, 15) is 4.39 Å². The molecular weight excluding hydrogens is 286 g/mol. The second kappa shape index (κ2) is 5.68. The maximum absolute atomic E-state index is 13.6. The Balaban J connectivity index is 2.22. The highest BCUT2D eigenvalue weighted by Crippen LogP contribution is 2.28. The Bertz CT molecular complexity index is 594. The smallest absolute Gasteiger partial charge is 0.129 e. The van der Waals surface area contributed by atoms with E-state index in [1.807, 2.05) is 6.92 Å². The minimum atomic E-state index is -0.350. The molecule has 2 nitrogen and oxygen atoms in total. The molecule has 0 aliphatic rings. The molecule has 3 N–H and O–H groups in total. The highest BCUT2D eigenvalue weighted by Gasteiger charge is 2.08. The molecule has 19 heavy (non-hydrogen) atoms. The van der Waals surface area contributed by atoms with E-state index in [4.69, 9.17) is 28.9 Å². The fourth-order valence-electron chi connectivity index (χ4n) is 1.74. The van der Waals surface area contributed by atoms with Gasteiger partial charge in [0, 0.05) is 22.2 Å². The molecule has 2 rings (SSSR count). The number of aryl methyl sites for hydroxylation is 1. The zero-order valence-electron chi connectivity index (χ0n) is 10.3. The van der Waals surface area contributed by atoms with Crippen molar-refractivity contribution in [2.75, 3.05) is 11.1 Å². The van der Waals surface area contributed by atoms with Crippen LogP contribution in [0.2, 0.25) is 10.0 Å². The van der Waals surface area contributed by atoms with Crippen LogP contribution in [-0.2, 0) is 6.54 Å². The topological polar surface area (TPSA) is 38.0 Å². The number of nitrogens with one attached hydrogen (secondary N) is 1. The second-order valence-electron chi connectivity index (χ2n) is 4.24. The van der Waals surface area contributed by atoms with E-state index >= 15 is 0 Å². The van der Waals surface area contributed by atoms with Crippen LogP contribution >= 0.6 is 23.2 Å². The summed E-state index contributed by atoms with van der Waals surface area (Å²) in [5.41, 5.74) is 8.41. The lowest BCUT2D eigenvalue weighted by atomic mass is 10.1. The fourth-order valence-corrected chi connectivity index (χ4v) is 2.14. The van der Waals surface area contributed by atoms with Crippen LogP contribution in [0.4, 0.5) is 15.8 Å². The Morgan fingerprint density at radius 1 is 1.21 bits per heavy atom. The van der Waals surface area contributed by atoms with Crippen molar-refractivity contribution in [3.05, 3.63) is 57.3 Å². The summed E-state index contributed by atoms with van der Waals surface area (Å²) in [4.78, 5) is 0. The van der Waals surface area contributed by atoms with Crippen molar-refractivity contribution in [1.82, 2.24) is 0 Å². The first-order valence-electron chi connectivity index (χ1n) is 5.71. The minimum absolute atomic E-state index is 0.245. The van der Waals surface area contributed by atoms with E-state index in [-0.39, 0.29) is 12.4 Å². The highest BCUT2D eigenvalue weighted by atomic mass is 35.5. The zero-order chi connectivity index (χ0) is 14.0. The number of nitrogen functional groups attached to an aromatic ring is 1. The second-order valence-corrected chi connectivity index (χ2v) is 5.06. The predicted octanol–water partition coefficient (Wildman–Crippen LogP) is 4.64. The van der Waals surface area contributed by atoms with Crippen LogP contribution in [0.1, 0.15) is 11.1 Å². The fraction of sp³-hybridized carbons (Fsp3) is 0.143. The molecule has 0 amide bonds. The third-order valence-electron chi connectivity index (χ3n) is 2.85. The van der Waals surface area contributed by atoms with Crippen LogP contribution in [0.15, 0.2) is 30.3 Å². The van der Waals surface area contributed by atoms with Crippen LogP contribution in [0.25, 0.3) is 0 Å². The molecule has 0 heterocycles. The summed E-state index contributed by atoms with van der Waals surface area (Å²) >= 11 is 12.0. The average Bonchev–Trinajstić information content (AvgIpc) is 2.34. The maximum atomic E-state index is 13.6. The first-order chi connectivity index (χ1) is 8.99. The molecule has 0 fully saturated rings. The van der Waals surface area contributed by atoms with Crippen molar-refractivity contribution in [1.29, 1.82) is 0 Å². The lowest BCUT2D eigenvalue weighted by molar-refractivity contribution is 0.613. The van der Waals surface area contributed by atoms with E-state index in [0.717, 1.165) is 5.56 Å². The van der Waals surface area contributed by atoms with Crippen molar-refractivity contribution >= 4 is 34.6 Å². The zero-order valence-corrected chi connectivity index (χ0v) is 11.8. The average molecular weight is 299 g/mol. The summed E-state index contributed by atoms with van der Waals surface area (Å²) in [6, 6.07) is 8.08. The molecule has 0 spiro atoms. The quantitative estimate of drug-likeness (QED) is 0.811. The maximum Gasteiger partial charge on any atom is 0.129 e. The molecule has 0 aliphatic carbocycles. The predicted molar refractivity (Wildman–Crippen MR) is 79.3 cm³/mol. The van der Waals surface area contributed by atoms with Crippen molar-refractivity contribution in [2.45, 2.75) is 13.5 Å². The summed E-state index contributed by atoms with van der Waals surface area (Å²) < 4.78 is 13.6. The summed E-state index contributed by atoms with van der Waals surface area (Å²) in [6.07, 6.45) is 0. The lowest BCUT2D eigenvalue weighted by Crippen LogP contribution is -2.05. The standard InChI is InChI=1S/C14H13Cl2FN2/c1-8-5-13(18)14(6-11(8)16)19-7-9-10(15)3-2-4-12(9)17/h2-6,19H,7,18H2,1H3. The molecule has 0 radical (unpaired) electrons. The summed E-state index contributed by atoms with van der Waals surface area (Å²) in [6.45, 7) is 2.12. The number of rotatable bonds is 3. The van der Waals surface area contributed by atoms with Gasteiger partial charge in [0.15, 0.2) is 0 Å². The van der Waals surface area contributed by atoms with E-state index in [0.29, 0.717) is 27.0 Å². The molecule has 0 saturated carbocycles. The number of hydrogen-bond acceptors (Lipinski definition) is 2. The molecule has 5 heteroatoms. The van der Waals surface area contributed by atoms with Crippen LogP contribution in [0, 0.1) is 12.7 Å². The van der Waals surface area contributed by atoms with E-state index in [1.54, 1.807) is 24.3 Å². The molecule has 2 aromatic carbocycles. The molecular formula is C14H13Cl2FN2. The first kappa shape index (κ1) is 14.0. The molecule has 0 bridgehead atoms. The Hall–Kier alpha value is -1.45. The summed E-state index contributed by atoms with van der Waals surface area (Å²) in [5.74, 6) is -0.350. The van der Waals surface area contributed by atoms with Gasteiger partial charge in [-0.2, -0.15) is 0 Å². The van der Waals surface area contributed by atoms with Gasteiger partial charge in [-0.15, -0.1) is 0 Å². The summed E-state index contributed by atoms with van der Waals surface area (Å²) in [7, 11) is 0. The van der Waals surface area contributed by atoms with Crippen molar-refractivity contribution < 1.29 is 4.39 Å². The van der Waals surface area contributed by atoms with E-state index < -0.39 is 0 Å². The van der Waals surface area contributed by atoms with E-state index in [2.05, 4.69) is 5.32 Å². The number of nitrogens with two attached hydrogens (primary N) is 1. The van der Waals surface area contributed by atoms with Gasteiger partial charge in [-0.3, -0.25) is 0 Å². The van der Waals surface area contributed by atoms with Gasteiger partial charge in [0.1, 0.15) is 5.82 Å². The third kappa shape index (κ3) is 3.11. The Morgan fingerprint density at radius 3 is 2.63 bits per heavy atom. The molecule has 0 aromatic heterocycles. The first-order valence-corrected chi connectivity index (χ1v) is 6.47. The number of anilines is 2. The number of hydrogen-bond donors (Lipinski definition) is 2. The van der Waals surface area contributed by atoms with Crippen molar-refractivity contribution in [3.63, 3.8) is 0 Å². The number of benzene rings is 2. The van der Waals surface area contributed by atoms with Gasteiger partial charge >= 0.3 is 0 Å².